The average Bonchev–Trinajstić information content (AvgIpc) is 2.52. The third-order valence-electron chi connectivity index (χ3n) is 2.48. The van der Waals surface area contributed by atoms with Crippen molar-refractivity contribution < 1.29 is 5.11 Å². The minimum Gasteiger partial charge on any atom is -0.392 e. The Morgan fingerprint density at radius 1 is 1.43 bits per heavy atom. The van der Waals surface area contributed by atoms with Gasteiger partial charge in [0.2, 0.25) is 0 Å². The molecule has 0 unspecified atom stereocenters. The van der Waals surface area contributed by atoms with Crippen LogP contribution in [-0.4, -0.2) is 10.1 Å². The van der Waals surface area contributed by atoms with E-state index in [1.807, 2.05) is 6.07 Å². The van der Waals surface area contributed by atoms with Crippen molar-refractivity contribution in [2.45, 2.75) is 20.0 Å². The molecule has 1 aromatic carbocycles. The van der Waals surface area contributed by atoms with Gasteiger partial charge >= 0.3 is 0 Å². The lowest BCUT2D eigenvalue weighted by molar-refractivity contribution is 0.283. The average molecular weight is 210 g/mol. The number of aliphatic hydroxyl groups is 1. The Balaban J connectivity index is 2.71. The highest BCUT2D eigenvalue weighted by Gasteiger charge is 2.08. The van der Waals surface area contributed by atoms with Crippen LogP contribution >= 0.6 is 11.6 Å². The number of aliphatic hydroxyl groups excluding tert-OH is 1. The second-order valence-corrected chi connectivity index (χ2v) is 3.69. The van der Waals surface area contributed by atoms with Gasteiger partial charge in [0.05, 0.1) is 6.61 Å². The van der Waals surface area contributed by atoms with Crippen LogP contribution in [0.2, 0.25) is 5.15 Å². The minimum atomic E-state index is -0.0218. The Hall–Kier alpha value is -0.990. The van der Waals surface area contributed by atoms with E-state index >= 15 is 0 Å². The predicted molar refractivity (Wildman–Crippen MR) is 58.6 cm³/mol. The van der Waals surface area contributed by atoms with E-state index in [0.717, 1.165) is 22.9 Å². The van der Waals surface area contributed by atoms with Crippen LogP contribution in [0.25, 0.3) is 10.9 Å². The lowest BCUT2D eigenvalue weighted by Crippen LogP contribution is -1.83. The first-order valence-electron chi connectivity index (χ1n) is 4.66. The van der Waals surface area contributed by atoms with Crippen LogP contribution in [0, 0.1) is 0 Å². The summed E-state index contributed by atoms with van der Waals surface area (Å²) < 4.78 is 0. The first-order chi connectivity index (χ1) is 6.76. The largest absolute Gasteiger partial charge is 0.392 e. The molecule has 1 aromatic heterocycles. The molecule has 74 valence electrons. The Morgan fingerprint density at radius 2 is 2.21 bits per heavy atom. The van der Waals surface area contributed by atoms with Crippen molar-refractivity contribution in [2.75, 3.05) is 0 Å². The minimum absolute atomic E-state index is 0.0218. The molecule has 0 aliphatic carbocycles. The van der Waals surface area contributed by atoms with Crippen molar-refractivity contribution in [1.29, 1.82) is 0 Å². The second kappa shape index (κ2) is 3.64. The smallest absolute Gasteiger partial charge is 0.112 e. The lowest BCUT2D eigenvalue weighted by atomic mass is 10.1. The van der Waals surface area contributed by atoms with Gasteiger partial charge in [0.25, 0.3) is 0 Å². The van der Waals surface area contributed by atoms with Crippen LogP contribution in [0.4, 0.5) is 0 Å². The summed E-state index contributed by atoms with van der Waals surface area (Å²) in [6, 6.07) is 6.14. The van der Waals surface area contributed by atoms with E-state index < -0.39 is 0 Å². The van der Waals surface area contributed by atoms with Crippen molar-refractivity contribution in [1.82, 2.24) is 4.98 Å². The van der Waals surface area contributed by atoms with Gasteiger partial charge in [-0.2, -0.15) is 0 Å². The standard InChI is InChI=1S/C11H12ClNO/c1-2-7-3-4-10-8(5-7)9(6-14)11(12)13-10/h3-5,13-14H,2,6H2,1H3. The van der Waals surface area contributed by atoms with Crippen LogP contribution in [0.3, 0.4) is 0 Å². The fraction of sp³-hybridized carbons (Fsp3) is 0.273. The van der Waals surface area contributed by atoms with Gasteiger partial charge in [-0.1, -0.05) is 24.6 Å². The number of aromatic amines is 1. The number of H-pyrrole nitrogens is 1. The maximum Gasteiger partial charge on any atom is 0.112 e. The molecule has 2 N–H and O–H groups in total. The van der Waals surface area contributed by atoms with Gasteiger partial charge in [-0.3, -0.25) is 0 Å². The number of aryl methyl sites for hydroxylation is 1. The Labute approximate surface area is 87.5 Å². The number of hydrogen-bond donors (Lipinski definition) is 2. The summed E-state index contributed by atoms with van der Waals surface area (Å²) in [5, 5.41) is 10.7. The fourth-order valence-corrected chi connectivity index (χ4v) is 1.90. The molecule has 14 heavy (non-hydrogen) atoms. The number of benzene rings is 1. The van der Waals surface area contributed by atoms with E-state index in [1.165, 1.54) is 5.56 Å². The molecule has 0 radical (unpaired) electrons. The van der Waals surface area contributed by atoms with Crippen molar-refractivity contribution >= 4 is 22.5 Å². The van der Waals surface area contributed by atoms with E-state index in [4.69, 9.17) is 16.7 Å². The number of aromatic nitrogens is 1. The van der Waals surface area contributed by atoms with Gasteiger partial charge in [-0.05, 0) is 24.1 Å². The topological polar surface area (TPSA) is 36.0 Å². The van der Waals surface area contributed by atoms with Crippen molar-refractivity contribution in [3.8, 4) is 0 Å². The molecule has 0 saturated carbocycles. The predicted octanol–water partition coefficient (Wildman–Crippen LogP) is 2.88. The van der Waals surface area contributed by atoms with Gasteiger partial charge in [0.1, 0.15) is 5.15 Å². The van der Waals surface area contributed by atoms with Gasteiger partial charge in [-0.15, -0.1) is 0 Å². The molecule has 0 fully saturated rings. The summed E-state index contributed by atoms with van der Waals surface area (Å²) in [4.78, 5) is 3.03. The fourth-order valence-electron chi connectivity index (χ4n) is 1.64. The number of halogens is 1. The summed E-state index contributed by atoms with van der Waals surface area (Å²) in [5.74, 6) is 0. The zero-order valence-electron chi connectivity index (χ0n) is 7.97. The van der Waals surface area contributed by atoms with Gasteiger partial charge in [-0.25, -0.2) is 0 Å². The van der Waals surface area contributed by atoms with E-state index in [1.54, 1.807) is 0 Å². The van der Waals surface area contributed by atoms with E-state index in [9.17, 15) is 0 Å². The van der Waals surface area contributed by atoms with Crippen LogP contribution in [0.5, 0.6) is 0 Å². The highest BCUT2D eigenvalue weighted by Crippen LogP contribution is 2.27. The number of fused-ring (bicyclic) bond motifs is 1. The maximum absolute atomic E-state index is 9.16. The monoisotopic (exact) mass is 209 g/mol. The summed E-state index contributed by atoms with van der Waals surface area (Å²) in [7, 11) is 0. The molecule has 0 spiro atoms. The van der Waals surface area contributed by atoms with Crippen molar-refractivity contribution in [3.05, 3.63) is 34.5 Å². The first-order valence-corrected chi connectivity index (χ1v) is 5.04. The van der Waals surface area contributed by atoms with Gasteiger partial charge in [0, 0.05) is 16.5 Å². The normalized spacial score (nSPS) is 11.1. The second-order valence-electron chi connectivity index (χ2n) is 3.31. The number of hydrogen-bond acceptors (Lipinski definition) is 1. The zero-order chi connectivity index (χ0) is 10.1. The number of rotatable bonds is 2. The molecule has 3 heteroatoms. The molecule has 0 aliphatic heterocycles. The molecule has 2 rings (SSSR count). The maximum atomic E-state index is 9.16. The molecule has 1 heterocycles. The lowest BCUT2D eigenvalue weighted by Gasteiger charge is -1.98. The summed E-state index contributed by atoms with van der Waals surface area (Å²) in [6.45, 7) is 2.08. The highest BCUT2D eigenvalue weighted by atomic mass is 35.5. The Kier molecular flexibility index (Phi) is 2.48. The first kappa shape index (κ1) is 9.56. The molecule has 0 bridgehead atoms. The molecular weight excluding hydrogens is 198 g/mol. The SMILES string of the molecule is CCc1ccc2[nH]c(Cl)c(CO)c2c1. The highest BCUT2D eigenvalue weighted by molar-refractivity contribution is 6.31. The number of nitrogens with one attached hydrogen (secondary N) is 1. The molecule has 0 saturated heterocycles. The molecule has 2 aromatic rings. The van der Waals surface area contributed by atoms with Gasteiger partial charge < -0.3 is 10.1 Å². The van der Waals surface area contributed by atoms with Crippen LogP contribution in [0.15, 0.2) is 18.2 Å². The Morgan fingerprint density at radius 3 is 2.86 bits per heavy atom. The van der Waals surface area contributed by atoms with Crippen LogP contribution in [-0.2, 0) is 13.0 Å². The third kappa shape index (κ3) is 1.41. The van der Waals surface area contributed by atoms with Gasteiger partial charge in [0.15, 0.2) is 0 Å². The molecular formula is C11H12ClNO. The quantitative estimate of drug-likeness (QED) is 0.784. The Bertz CT molecular complexity index is 462. The summed E-state index contributed by atoms with van der Waals surface area (Å²) in [5.41, 5.74) is 3.02. The van der Waals surface area contributed by atoms with Crippen molar-refractivity contribution in [3.63, 3.8) is 0 Å². The van der Waals surface area contributed by atoms with Crippen molar-refractivity contribution in [2.24, 2.45) is 0 Å². The van der Waals surface area contributed by atoms with E-state index in [2.05, 4.69) is 24.0 Å². The zero-order valence-corrected chi connectivity index (χ0v) is 8.73. The molecule has 0 amide bonds. The summed E-state index contributed by atoms with van der Waals surface area (Å²) in [6.07, 6.45) is 0.990. The third-order valence-corrected chi connectivity index (χ3v) is 2.81. The van der Waals surface area contributed by atoms with E-state index in [0.29, 0.717) is 5.15 Å². The van der Waals surface area contributed by atoms with Crippen LogP contribution in [0.1, 0.15) is 18.1 Å². The van der Waals surface area contributed by atoms with E-state index in [-0.39, 0.29) is 6.61 Å². The summed E-state index contributed by atoms with van der Waals surface area (Å²) >= 11 is 5.95. The molecule has 0 aliphatic rings. The molecule has 0 atom stereocenters. The van der Waals surface area contributed by atoms with Crippen LogP contribution < -0.4 is 0 Å². The molecule has 2 nitrogen and oxygen atoms in total.